The molecule has 44 heavy (non-hydrogen) atoms. The van der Waals surface area contributed by atoms with Crippen molar-refractivity contribution in [1.29, 1.82) is 0 Å². The van der Waals surface area contributed by atoms with E-state index >= 15 is 0 Å². The average molecular weight is 587 g/mol. The van der Waals surface area contributed by atoms with Crippen LogP contribution in [0.25, 0.3) is 0 Å². The first-order chi connectivity index (χ1) is 21.6. The van der Waals surface area contributed by atoms with Gasteiger partial charge in [-0.25, -0.2) is 0 Å². The number of hydrogen-bond acceptors (Lipinski definition) is 4. The van der Waals surface area contributed by atoms with Gasteiger partial charge in [-0.2, -0.15) is 0 Å². The number of hydrogen-bond donors (Lipinski definition) is 0. The number of fused-ring (bicyclic) bond motifs is 7. The maximum Gasteiger partial charge on any atom is 0.161 e. The van der Waals surface area contributed by atoms with Crippen molar-refractivity contribution in [1.82, 2.24) is 0 Å². The molecule has 9 rings (SSSR count). The third-order valence-electron chi connectivity index (χ3n) is 10.5. The summed E-state index contributed by atoms with van der Waals surface area (Å²) in [6.07, 6.45) is 9.53. The maximum absolute atomic E-state index is 5.77. The minimum Gasteiger partial charge on any atom is -0.473 e. The minimum absolute atomic E-state index is 0.625. The molecule has 4 unspecified atom stereocenters. The van der Waals surface area contributed by atoms with E-state index < -0.39 is 0 Å². The summed E-state index contributed by atoms with van der Waals surface area (Å²) in [5.41, 5.74) is 7.50. The van der Waals surface area contributed by atoms with Crippen molar-refractivity contribution >= 4 is 11.4 Å². The van der Waals surface area contributed by atoms with Crippen LogP contribution in [0.1, 0.15) is 60.8 Å². The molecular weight excluding hydrogens is 540 g/mol. The quantitative estimate of drug-likeness (QED) is 0.234. The van der Waals surface area contributed by atoms with Gasteiger partial charge in [0.1, 0.15) is 11.5 Å². The second-order valence-corrected chi connectivity index (χ2v) is 13.4. The van der Waals surface area contributed by atoms with Crippen LogP contribution in [0.5, 0.6) is 11.5 Å². The molecule has 4 heteroatoms. The van der Waals surface area contributed by atoms with E-state index in [4.69, 9.17) is 9.47 Å². The van der Waals surface area contributed by atoms with Gasteiger partial charge < -0.3 is 19.3 Å². The molecule has 2 heterocycles. The van der Waals surface area contributed by atoms with Crippen LogP contribution in [0, 0.1) is 37.5 Å². The van der Waals surface area contributed by atoms with Gasteiger partial charge >= 0.3 is 0 Å². The van der Waals surface area contributed by atoms with Gasteiger partial charge in [-0.3, -0.25) is 0 Å². The molecule has 0 aromatic heterocycles. The fourth-order valence-corrected chi connectivity index (χ4v) is 8.37. The Labute approximate surface area is 263 Å². The normalized spacial score (nSPS) is 24.0. The molecule has 3 aliphatic carbocycles. The predicted molar refractivity (Wildman–Crippen MR) is 180 cm³/mol. The summed E-state index contributed by atoms with van der Waals surface area (Å²) < 4.78 is 11.5. The molecule has 228 valence electrons. The highest BCUT2D eigenvalue weighted by Crippen LogP contribution is 2.58. The van der Waals surface area contributed by atoms with Gasteiger partial charge in [0.15, 0.2) is 13.5 Å². The van der Waals surface area contributed by atoms with Crippen LogP contribution in [0.3, 0.4) is 0 Å². The lowest BCUT2D eigenvalue weighted by molar-refractivity contribution is 0.259. The minimum atomic E-state index is 0.625. The number of nitrogens with zero attached hydrogens (tertiary/aromatic N) is 2. The monoisotopic (exact) mass is 586 g/mol. The van der Waals surface area contributed by atoms with Crippen LogP contribution in [0.4, 0.5) is 11.4 Å². The number of ether oxygens (including phenoxy) is 2. The van der Waals surface area contributed by atoms with Crippen molar-refractivity contribution in [2.45, 2.75) is 65.5 Å². The maximum atomic E-state index is 5.77. The Hall–Kier alpha value is -3.92. The lowest BCUT2D eigenvalue weighted by Crippen LogP contribution is -2.31. The van der Waals surface area contributed by atoms with Crippen LogP contribution in [-0.2, 0) is 13.1 Å². The molecule has 2 aliphatic heterocycles. The van der Waals surface area contributed by atoms with Crippen molar-refractivity contribution in [2.75, 3.05) is 23.3 Å². The van der Waals surface area contributed by atoms with Crippen LogP contribution in [0.15, 0.2) is 97.1 Å². The molecule has 5 aliphatic rings. The van der Waals surface area contributed by atoms with Gasteiger partial charge in [-0.1, -0.05) is 78.2 Å². The lowest BCUT2D eigenvalue weighted by atomic mass is 9.82. The zero-order valence-corrected chi connectivity index (χ0v) is 26.3. The second-order valence-electron chi connectivity index (χ2n) is 13.4. The first-order valence-corrected chi connectivity index (χ1v) is 16.7. The first-order valence-electron chi connectivity index (χ1n) is 16.7. The highest BCUT2D eigenvalue weighted by Gasteiger charge is 2.48. The van der Waals surface area contributed by atoms with E-state index in [1.165, 1.54) is 57.3 Å². The first kappa shape index (κ1) is 28.8. The van der Waals surface area contributed by atoms with Crippen molar-refractivity contribution in [3.63, 3.8) is 0 Å². The molecule has 4 atom stereocenters. The summed E-state index contributed by atoms with van der Waals surface area (Å²) in [7, 11) is 0. The van der Waals surface area contributed by atoms with Crippen molar-refractivity contribution in [3.8, 4) is 11.5 Å². The summed E-state index contributed by atoms with van der Waals surface area (Å²) in [6.45, 7) is 7.31. The number of aryl methyl sites for hydroxylation is 2. The van der Waals surface area contributed by atoms with Gasteiger partial charge in [0.2, 0.25) is 0 Å². The van der Waals surface area contributed by atoms with Gasteiger partial charge in [-0.05, 0) is 106 Å². The number of para-hydroxylation sites is 2. The summed E-state index contributed by atoms with van der Waals surface area (Å²) >= 11 is 0. The molecule has 0 spiro atoms. The van der Waals surface area contributed by atoms with E-state index in [9.17, 15) is 0 Å². The van der Waals surface area contributed by atoms with E-state index in [1.807, 2.05) is 12.1 Å². The Morgan fingerprint density at radius 1 is 0.545 bits per heavy atom. The molecule has 0 saturated heterocycles. The number of anilines is 2. The third-order valence-corrected chi connectivity index (χ3v) is 10.5. The van der Waals surface area contributed by atoms with Crippen LogP contribution < -0.4 is 19.3 Å². The van der Waals surface area contributed by atoms with E-state index in [2.05, 4.69) is 109 Å². The van der Waals surface area contributed by atoms with Gasteiger partial charge in [0, 0.05) is 35.6 Å². The van der Waals surface area contributed by atoms with Crippen molar-refractivity contribution in [2.24, 2.45) is 23.7 Å². The Morgan fingerprint density at radius 2 is 1.00 bits per heavy atom. The van der Waals surface area contributed by atoms with Crippen LogP contribution >= 0.6 is 0 Å². The largest absolute Gasteiger partial charge is 0.473 e. The zero-order chi connectivity index (χ0) is 29.9. The topological polar surface area (TPSA) is 24.9 Å². The van der Waals surface area contributed by atoms with Crippen molar-refractivity contribution < 1.29 is 9.47 Å². The van der Waals surface area contributed by atoms with Gasteiger partial charge in [0.25, 0.3) is 0 Å². The SMILES string of the molecule is C1CC2C3CCC(C3)C2C1.Cc1ccc2c(c1)CN(c1ccccc1)CO2.Cc1ccc2c(c1)CN(c1ccccc1)CO2. The Bertz CT molecular complexity index is 1420. The van der Waals surface area contributed by atoms with E-state index in [0.717, 1.165) is 24.6 Å². The fourth-order valence-electron chi connectivity index (χ4n) is 8.37. The van der Waals surface area contributed by atoms with Crippen LogP contribution in [0.2, 0.25) is 0 Å². The molecule has 4 aromatic carbocycles. The lowest BCUT2D eigenvalue weighted by Gasteiger charge is -2.30. The third kappa shape index (κ3) is 6.31. The standard InChI is InChI=1S/2C15H15NO.C10H16/c2*1-12-7-8-15-13(9-12)10-16(11-17-15)14-5-3-2-4-6-14;1-2-9-7-4-5-8(6-7)10(9)3-1/h2*2-9H,10-11H2,1H3;7-10H,1-6H2. The summed E-state index contributed by atoms with van der Waals surface area (Å²) in [5, 5.41) is 0. The summed E-state index contributed by atoms with van der Waals surface area (Å²) in [6, 6.07) is 33.5. The smallest absolute Gasteiger partial charge is 0.161 e. The van der Waals surface area contributed by atoms with Crippen molar-refractivity contribution in [3.05, 3.63) is 119 Å². The molecule has 4 nitrogen and oxygen atoms in total. The van der Waals surface area contributed by atoms with Gasteiger partial charge in [-0.15, -0.1) is 0 Å². The van der Waals surface area contributed by atoms with E-state index in [0.29, 0.717) is 13.5 Å². The molecule has 4 aromatic rings. The van der Waals surface area contributed by atoms with E-state index in [-0.39, 0.29) is 0 Å². The number of rotatable bonds is 2. The Balaban J connectivity index is 0.000000110. The van der Waals surface area contributed by atoms with Crippen LogP contribution in [-0.4, -0.2) is 13.5 Å². The summed E-state index contributed by atoms with van der Waals surface area (Å²) in [5.74, 6) is 6.83. The summed E-state index contributed by atoms with van der Waals surface area (Å²) in [4.78, 5) is 4.48. The average Bonchev–Trinajstić information content (AvgIpc) is 3.83. The van der Waals surface area contributed by atoms with E-state index in [1.54, 1.807) is 38.5 Å². The highest BCUT2D eigenvalue weighted by atomic mass is 16.5. The molecule has 3 fully saturated rings. The van der Waals surface area contributed by atoms with Gasteiger partial charge in [0.05, 0.1) is 0 Å². The molecule has 0 radical (unpaired) electrons. The molecular formula is C40H46N2O2. The molecule has 3 saturated carbocycles. The molecule has 0 N–H and O–H groups in total. The predicted octanol–water partition coefficient (Wildman–Crippen LogP) is 9.54. The second kappa shape index (κ2) is 13.0. The fraction of sp³-hybridized carbons (Fsp3) is 0.400. The zero-order valence-electron chi connectivity index (χ0n) is 26.3. The molecule has 0 amide bonds. The molecule has 2 bridgehead atoms. The highest BCUT2D eigenvalue weighted by molar-refractivity contribution is 5.51. The Morgan fingerprint density at radius 3 is 1.45 bits per heavy atom. The number of benzene rings is 4. The Kier molecular flexibility index (Phi) is 8.50.